The van der Waals surface area contributed by atoms with Crippen LogP contribution in [0.1, 0.15) is 12.8 Å². The summed E-state index contributed by atoms with van der Waals surface area (Å²) in [5.74, 6) is -2.52. The quantitative estimate of drug-likeness (QED) is 0.822. The lowest BCUT2D eigenvalue weighted by Crippen LogP contribution is -2.06. The third-order valence-corrected chi connectivity index (χ3v) is 2.71. The van der Waals surface area contributed by atoms with Crippen molar-refractivity contribution < 1.29 is 23.4 Å². The number of rotatable bonds is 5. The number of halogens is 2. The molecular weight excluding hydrogens is 242 g/mol. The van der Waals surface area contributed by atoms with E-state index in [0.717, 1.165) is 31.1 Å². The Morgan fingerprint density at radius 2 is 2.11 bits per heavy atom. The van der Waals surface area contributed by atoms with Crippen LogP contribution < -0.4 is 4.74 Å². The van der Waals surface area contributed by atoms with Crippen LogP contribution in [0.15, 0.2) is 29.8 Å². The molecule has 18 heavy (non-hydrogen) atoms. The van der Waals surface area contributed by atoms with Gasteiger partial charge in [-0.2, -0.15) is 0 Å². The van der Waals surface area contributed by atoms with E-state index in [1.807, 2.05) is 0 Å². The van der Waals surface area contributed by atoms with Crippen molar-refractivity contribution in [3.63, 3.8) is 0 Å². The highest BCUT2D eigenvalue weighted by atomic mass is 19.2. The summed E-state index contributed by atoms with van der Waals surface area (Å²) in [7, 11) is 0. The highest BCUT2D eigenvalue weighted by molar-refractivity contribution is 5.80. The first kappa shape index (κ1) is 12.5. The van der Waals surface area contributed by atoms with Crippen molar-refractivity contribution in [3.8, 4) is 5.75 Å². The number of carboxylic acid groups (broad SMARTS) is 1. The number of carboxylic acids is 1. The molecule has 0 aliphatic heterocycles. The molecule has 5 heteroatoms. The smallest absolute Gasteiger partial charge is 0.328 e. The lowest BCUT2D eigenvalue weighted by atomic mass is 10.1. The zero-order valence-electron chi connectivity index (χ0n) is 9.53. The van der Waals surface area contributed by atoms with Gasteiger partial charge in [-0.1, -0.05) is 0 Å². The van der Waals surface area contributed by atoms with Crippen molar-refractivity contribution in [2.75, 3.05) is 6.61 Å². The highest BCUT2D eigenvalue weighted by Gasteiger charge is 2.27. The Morgan fingerprint density at radius 3 is 2.67 bits per heavy atom. The fourth-order valence-electron chi connectivity index (χ4n) is 1.62. The molecule has 0 saturated heterocycles. The Hall–Kier alpha value is -1.91. The predicted molar refractivity (Wildman–Crippen MR) is 60.3 cm³/mol. The van der Waals surface area contributed by atoms with Crippen LogP contribution >= 0.6 is 0 Å². The first-order valence-corrected chi connectivity index (χ1v) is 5.57. The monoisotopic (exact) mass is 254 g/mol. The molecule has 0 bridgehead atoms. The van der Waals surface area contributed by atoms with Crippen molar-refractivity contribution in [2.24, 2.45) is 5.92 Å². The van der Waals surface area contributed by atoms with E-state index in [0.29, 0.717) is 5.57 Å². The van der Waals surface area contributed by atoms with Gasteiger partial charge in [-0.25, -0.2) is 13.6 Å². The maximum Gasteiger partial charge on any atom is 0.328 e. The molecular formula is C13H12F2O3. The van der Waals surface area contributed by atoms with Gasteiger partial charge in [0, 0.05) is 12.1 Å². The molecule has 0 unspecified atom stereocenters. The minimum absolute atomic E-state index is 0.0854. The van der Waals surface area contributed by atoms with Gasteiger partial charge in [-0.15, -0.1) is 0 Å². The number of carbonyl (C=O) groups is 1. The van der Waals surface area contributed by atoms with Crippen molar-refractivity contribution in [2.45, 2.75) is 12.8 Å². The van der Waals surface area contributed by atoms with Crippen LogP contribution in [0, 0.1) is 17.6 Å². The fraction of sp³-hybridized carbons (Fsp3) is 0.308. The molecule has 1 aliphatic carbocycles. The minimum atomic E-state index is -1.02. The Balaban J connectivity index is 2.00. The molecule has 1 N–H and O–H groups in total. The SMILES string of the molecule is O=C(O)/C=C(/COc1ccc(F)c(F)c1)C1CC1. The van der Waals surface area contributed by atoms with E-state index in [1.165, 1.54) is 6.07 Å². The summed E-state index contributed by atoms with van der Waals surface area (Å²) in [5.41, 5.74) is 0.673. The molecule has 0 radical (unpaired) electrons. The highest BCUT2D eigenvalue weighted by Crippen LogP contribution is 2.36. The molecule has 0 amide bonds. The largest absolute Gasteiger partial charge is 0.489 e. The second kappa shape index (κ2) is 5.16. The molecule has 1 aliphatic rings. The van der Waals surface area contributed by atoms with Crippen molar-refractivity contribution in [3.05, 3.63) is 41.5 Å². The first-order chi connectivity index (χ1) is 8.56. The van der Waals surface area contributed by atoms with Crippen LogP contribution in [-0.2, 0) is 4.79 Å². The number of benzene rings is 1. The standard InChI is InChI=1S/C13H12F2O3/c14-11-4-3-10(6-12(11)15)18-7-9(5-13(16)17)8-1-2-8/h3-6,8H,1-2,7H2,(H,16,17)/b9-5-. The summed E-state index contributed by atoms with van der Waals surface area (Å²) < 4.78 is 30.9. The lowest BCUT2D eigenvalue weighted by molar-refractivity contribution is -0.131. The number of aliphatic carboxylic acids is 1. The Kier molecular flexibility index (Phi) is 3.60. The van der Waals surface area contributed by atoms with Crippen molar-refractivity contribution in [1.29, 1.82) is 0 Å². The van der Waals surface area contributed by atoms with Crippen LogP contribution in [0.25, 0.3) is 0 Å². The summed E-state index contributed by atoms with van der Waals surface area (Å²) in [5, 5.41) is 8.70. The molecule has 96 valence electrons. The van der Waals surface area contributed by atoms with E-state index in [1.54, 1.807) is 0 Å². The van der Waals surface area contributed by atoms with E-state index in [9.17, 15) is 13.6 Å². The average molecular weight is 254 g/mol. The van der Waals surface area contributed by atoms with E-state index in [4.69, 9.17) is 9.84 Å². The van der Waals surface area contributed by atoms with Gasteiger partial charge in [0.25, 0.3) is 0 Å². The molecule has 0 atom stereocenters. The molecule has 1 aromatic rings. The van der Waals surface area contributed by atoms with Gasteiger partial charge in [-0.3, -0.25) is 0 Å². The molecule has 1 saturated carbocycles. The number of hydrogen-bond acceptors (Lipinski definition) is 2. The summed E-state index contributed by atoms with van der Waals surface area (Å²) in [4.78, 5) is 10.6. The van der Waals surface area contributed by atoms with Crippen LogP contribution in [0.2, 0.25) is 0 Å². The van der Waals surface area contributed by atoms with E-state index < -0.39 is 17.6 Å². The topological polar surface area (TPSA) is 46.5 Å². The van der Waals surface area contributed by atoms with Gasteiger partial charge in [0.05, 0.1) is 0 Å². The van der Waals surface area contributed by atoms with Gasteiger partial charge >= 0.3 is 5.97 Å². The Labute approximate surface area is 103 Å². The maximum atomic E-state index is 12.9. The average Bonchev–Trinajstić information content (AvgIpc) is 3.12. The molecule has 2 rings (SSSR count). The van der Waals surface area contributed by atoms with E-state index in [2.05, 4.69) is 0 Å². The van der Waals surface area contributed by atoms with Gasteiger partial charge < -0.3 is 9.84 Å². The van der Waals surface area contributed by atoms with Crippen LogP contribution in [-0.4, -0.2) is 17.7 Å². The zero-order valence-corrected chi connectivity index (χ0v) is 9.53. The molecule has 3 nitrogen and oxygen atoms in total. The normalized spacial score (nSPS) is 15.6. The first-order valence-electron chi connectivity index (χ1n) is 5.57. The molecule has 0 heterocycles. The van der Waals surface area contributed by atoms with Gasteiger partial charge in [0.2, 0.25) is 0 Å². The van der Waals surface area contributed by atoms with Gasteiger partial charge in [0.15, 0.2) is 11.6 Å². The minimum Gasteiger partial charge on any atom is -0.489 e. The summed E-state index contributed by atoms with van der Waals surface area (Å²) >= 11 is 0. The van der Waals surface area contributed by atoms with Crippen LogP contribution in [0.5, 0.6) is 5.75 Å². The number of hydrogen-bond donors (Lipinski definition) is 1. The van der Waals surface area contributed by atoms with Crippen LogP contribution in [0.3, 0.4) is 0 Å². The maximum absolute atomic E-state index is 12.9. The summed E-state index contributed by atoms with van der Waals surface area (Å²) in [6, 6.07) is 3.23. The van der Waals surface area contributed by atoms with Crippen LogP contribution in [0.4, 0.5) is 8.78 Å². The lowest BCUT2D eigenvalue weighted by Gasteiger charge is -2.08. The molecule has 1 fully saturated rings. The predicted octanol–water partition coefficient (Wildman–Crippen LogP) is 2.76. The Bertz CT molecular complexity index is 493. The fourth-order valence-corrected chi connectivity index (χ4v) is 1.62. The van der Waals surface area contributed by atoms with Crippen molar-refractivity contribution in [1.82, 2.24) is 0 Å². The second-order valence-electron chi connectivity index (χ2n) is 4.20. The number of ether oxygens (including phenoxy) is 1. The van der Waals surface area contributed by atoms with E-state index >= 15 is 0 Å². The zero-order chi connectivity index (χ0) is 13.1. The molecule has 1 aromatic carbocycles. The van der Waals surface area contributed by atoms with Gasteiger partial charge in [-0.05, 0) is 36.5 Å². The third-order valence-electron chi connectivity index (χ3n) is 2.71. The second-order valence-corrected chi connectivity index (χ2v) is 4.20. The summed E-state index contributed by atoms with van der Waals surface area (Å²) in [6.07, 6.45) is 3.01. The Morgan fingerprint density at radius 1 is 1.39 bits per heavy atom. The molecule has 0 aromatic heterocycles. The third kappa shape index (κ3) is 3.29. The molecule has 0 spiro atoms. The summed E-state index contributed by atoms with van der Waals surface area (Å²) in [6.45, 7) is 0.0854. The van der Waals surface area contributed by atoms with Crippen molar-refractivity contribution >= 4 is 5.97 Å². The van der Waals surface area contributed by atoms with E-state index in [-0.39, 0.29) is 18.3 Å². The van der Waals surface area contributed by atoms with Gasteiger partial charge in [0.1, 0.15) is 12.4 Å².